The molecule has 0 aromatic rings. The molecular formula is C16H33NO4. The van der Waals surface area contributed by atoms with Gasteiger partial charge in [0.25, 0.3) is 0 Å². The predicted molar refractivity (Wildman–Crippen MR) is 83.6 cm³/mol. The average molecular weight is 303 g/mol. The maximum Gasteiger partial charge on any atom is 0.0701 e. The van der Waals surface area contributed by atoms with Gasteiger partial charge in [0.05, 0.1) is 33.0 Å². The minimum Gasteiger partial charge on any atom is -0.396 e. The van der Waals surface area contributed by atoms with Crippen molar-refractivity contribution in [2.45, 2.75) is 45.1 Å². The summed E-state index contributed by atoms with van der Waals surface area (Å²) in [5, 5.41) is 12.7. The monoisotopic (exact) mass is 303 g/mol. The molecule has 2 unspecified atom stereocenters. The van der Waals surface area contributed by atoms with E-state index in [1.165, 1.54) is 19.3 Å². The van der Waals surface area contributed by atoms with Crippen molar-refractivity contribution in [1.29, 1.82) is 0 Å². The van der Waals surface area contributed by atoms with Crippen LogP contribution in [-0.4, -0.2) is 63.9 Å². The van der Waals surface area contributed by atoms with Crippen LogP contribution in [0, 0.1) is 5.92 Å². The summed E-state index contributed by atoms with van der Waals surface area (Å²) in [7, 11) is 0. The van der Waals surface area contributed by atoms with Crippen LogP contribution in [0.15, 0.2) is 0 Å². The summed E-state index contributed by atoms with van der Waals surface area (Å²) in [4.78, 5) is 0. The van der Waals surface area contributed by atoms with Crippen LogP contribution in [0.3, 0.4) is 0 Å². The third-order valence-electron chi connectivity index (χ3n) is 3.93. The first-order valence-corrected chi connectivity index (χ1v) is 8.46. The number of rotatable bonds is 14. The van der Waals surface area contributed by atoms with Crippen LogP contribution < -0.4 is 5.32 Å². The Kier molecular flexibility index (Phi) is 12.1. The molecule has 5 nitrogen and oxygen atoms in total. The maximum atomic E-state index is 9.23. The first-order valence-electron chi connectivity index (χ1n) is 8.46. The van der Waals surface area contributed by atoms with Gasteiger partial charge < -0.3 is 24.6 Å². The van der Waals surface area contributed by atoms with Crippen LogP contribution in [0.5, 0.6) is 0 Å². The lowest BCUT2D eigenvalue weighted by Gasteiger charge is -2.18. The number of hydrogen-bond acceptors (Lipinski definition) is 5. The number of aliphatic hydroxyl groups is 1. The smallest absolute Gasteiger partial charge is 0.0701 e. The number of aliphatic hydroxyl groups excluding tert-OH is 1. The van der Waals surface area contributed by atoms with Gasteiger partial charge in [-0.05, 0) is 25.2 Å². The van der Waals surface area contributed by atoms with E-state index in [0.717, 1.165) is 26.0 Å². The Morgan fingerprint density at radius 1 is 0.952 bits per heavy atom. The van der Waals surface area contributed by atoms with Gasteiger partial charge in [0, 0.05) is 25.8 Å². The molecule has 126 valence electrons. The number of hydrogen-bond donors (Lipinski definition) is 2. The lowest BCUT2D eigenvalue weighted by molar-refractivity contribution is 0.0142. The Bertz CT molecular complexity index is 228. The molecule has 0 aromatic carbocycles. The van der Waals surface area contributed by atoms with Crippen LogP contribution in [0.4, 0.5) is 0 Å². The summed E-state index contributed by atoms with van der Waals surface area (Å²) >= 11 is 0. The van der Waals surface area contributed by atoms with Gasteiger partial charge in [-0.1, -0.05) is 19.8 Å². The second-order valence-corrected chi connectivity index (χ2v) is 5.62. The Hall–Kier alpha value is -0.200. The molecule has 2 N–H and O–H groups in total. The average Bonchev–Trinajstić information content (AvgIpc) is 2.96. The van der Waals surface area contributed by atoms with Crippen LogP contribution in [0.25, 0.3) is 0 Å². The lowest BCUT2D eigenvalue weighted by Crippen LogP contribution is -2.36. The van der Waals surface area contributed by atoms with E-state index in [1.807, 2.05) is 0 Å². The quantitative estimate of drug-likeness (QED) is 0.477. The molecule has 1 saturated carbocycles. The molecule has 0 amide bonds. The number of unbranched alkanes of at least 4 members (excludes halogenated alkanes) is 1. The van der Waals surface area contributed by atoms with Gasteiger partial charge in [0.1, 0.15) is 0 Å². The van der Waals surface area contributed by atoms with Crippen LogP contribution in [0.1, 0.15) is 39.0 Å². The van der Waals surface area contributed by atoms with E-state index < -0.39 is 0 Å². The molecule has 5 heteroatoms. The predicted octanol–water partition coefficient (Wildman–Crippen LogP) is 1.59. The fourth-order valence-electron chi connectivity index (χ4n) is 2.63. The molecule has 0 spiro atoms. The molecule has 1 rings (SSSR count). The fourth-order valence-corrected chi connectivity index (χ4v) is 2.63. The second kappa shape index (κ2) is 13.5. The van der Waals surface area contributed by atoms with Crippen molar-refractivity contribution in [2.24, 2.45) is 5.92 Å². The fraction of sp³-hybridized carbons (Fsp3) is 1.00. The summed E-state index contributed by atoms with van der Waals surface area (Å²) < 4.78 is 16.3. The van der Waals surface area contributed by atoms with Gasteiger partial charge in [-0.25, -0.2) is 0 Å². The summed E-state index contributed by atoms with van der Waals surface area (Å²) in [6.45, 7) is 7.40. The third-order valence-corrected chi connectivity index (χ3v) is 3.93. The highest BCUT2D eigenvalue weighted by Gasteiger charge is 2.25. The molecule has 1 aliphatic carbocycles. The van der Waals surface area contributed by atoms with Crippen molar-refractivity contribution in [2.75, 3.05) is 52.8 Å². The van der Waals surface area contributed by atoms with Crippen molar-refractivity contribution in [1.82, 2.24) is 5.32 Å². The molecule has 0 heterocycles. The summed E-state index contributed by atoms with van der Waals surface area (Å²) in [6.07, 6.45) is 5.82. The normalized spacial score (nSPS) is 22.0. The Labute approximate surface area is 129 Å². The minimum atomic E-state index is 0.298. The molecular weight excluding hydrogens is 270 g/mol. The molecule has 0 aliphatic heterocycles. The van der Waals surface area contributed by atoms with Crippen LogP contribution in [0.2, 0.25) is 0 Å². The first kappa shape index (κ1) is 18.8. The van der Waals surface area contributed by atoms with Gasteiger partial charge in [0.2, 0.25) is 0 Å². The highest BCUT2D eigenvalue weighted by atomic mass is 16.5. The third kappa shape index (κ3) is 9.42. The van der Waals surface area contributed by atoms with Crippen LogP contribution in [-0.2, 0) is 14.2 Å². The van der Waals surface area contributed by atoms with Crippen molar-refractivity contribution in [3.8, 4) is 0 Å². The van der Waals surface area contributed by atoms with Gasteiger partial charge in [-0.3, -0.25) is 0 Å². The molecule has 1 aliphatic rings. The maximum absolute atomic E-state index is 9.23. The van der Waals surface area contributed by atoms with E-state index in [1.54, 1.807) is 0 Å². The zero-order chi connectivity index (χ0) is 15.2. The number of nitrogens with one attached hydrogen (secondary N) is 1. The first-order chi connectivity index (χ1) is 10.4. The van der Waals surface area contributed by atoms with E-state index in [2.05, 4.69) is 12.2 Å². The van der Waals surface area contributed by atoms with Gasteiger partial charge >= 0.3 is 0 Å². The zero-order valence-corrected chi connectivity index (χ0v) is 13.5. The lowest BCUT2D eigenvalue weighted by atomic mass is 10.1. The Balaban J connectivity index is 1.76. The van der Waals surface area contributed by atoms with Crippen molar-refractivity contribution < 1.29 is 19.3 Å². The zero-order valence-electron chi connectivity index (χ0n) is 13.5. The van der Waals surface area contributed by atoms with E-state index in [0.29, 0.717) is 51.6 Å². The molecule has 0 radical (unpaired) electrons. The standard InChI is InChI=1S/C16H33NO4/c1-2-3-8-19-10-12-21-13-11-20-9-7-17-16-6-4-5-15(16)14-18/h15-18H,2-14H2,1H3. The second-order valence-electron chi connectivity index (χ2n) is 5.62. The summed E-state index contributed by atoms with van der Waals surface area (Å²) in [5.74, 6) is 0.432. The Morgan fingerprint density at radius 3 is 2.29 bits per heavy atom. The van der Waals surface area contributed by atoms with Crippen molar-refractivity contribution in [3.63, 3.8) is 0 Å². The topological polar surface area (TPSA) is 60.0 Å². The van der Waals surface area contributed by atoms with Crippen molar-refractivity contribution in [3.05, 3.63) is 0 Å². The van der Waals surface area contributed by atoms with Crippen molar-refractivity contribution >= 4 is 0 Å². The molecule has 21 heavy (non-hydrogen) atoms. The molecule has 0 saturated heterocycles. The van der Waals surface area contributed by atoms with E-state index >= 15 is 0 Å². The molecule has 0 aromatic heterocycles. The van der Waals surface area contributed by atoms with E-state index in [-0.39, 0.29) is 0 Å². The SMILES string of the molecule is CCCCOCCOCCOCCNC1CCCC1CO. The largest absolute Gasteiger partial charge is 0.396 e. The summed E-state index contributed by atoms with van der Waals surface area (Å²) in [5.41, 5.74) is 0. The molecule has 2 atom stereocenters. The van der Waals surface area contributed by atoms with Gasteiger partial charge in [-0.15, -0.1) is 0 Å². The van der Waals surface area contributed by atoms with E-state index in [9.17, 15) is 5.11 Å². The van der Waals surface area contributed by atoms with E-state index in [4.69, 9.17) is 14.2 Å². The number of ether oxygens (including phenoxy) is 3. The molecule has 1 fully saturated rings. The summed E-state index contributed by atoms with van der Waals surface area (Å²) in [6, 6.07) is 0.468. The van der Waals surface area contributed by atoms with Gasteiger partial charge in [0.15, 0.2) is 0 Å². The Morgan fingerprint density at radius 2 is 1.62 bits per heavy atom. The minimum absolute atomic E-state index is 0.298. The highest BCUT2D eigenvalue weighted by Crippen LogP contribution is 2.24. The van der Waals surface area contributed by atoms with Crippen LogP contribution >= 0.6 is 0 Å². The highest BCUT2D eigenvalue weighted by molar-refractivity contribution is 4.82. The molecule has 0 bridgehead atoms. The van der Waals surface area contributed by atoms with Gasteiger partial charge in [-0.2, -0.15) is 0 Å².